The molecule has 1 saturated heterocycles. The normalized spacial score (nSPS) is 15.0. The summed E-state index contributed by atoms with van der Waals surface area (Å²) in [5.74, 6) is 0.886. The van der Waals surface area contributed by atoms with Crippen molar-refractivity contribution in [1.29, 1.82) is 0 Å². The summed E-state index contributed by atoms with van der Waals surface area (Å²) in [5.41, 5.74) is 1.85. The Kier molecular flexibility index (Phi) is 8.22. The zero-order valence-corrected chi connectivity index (χ0v) is 15.6. The third-order valence-corrected chi connectivity index (χ3v) is 3.74. The van der Waals surface area contributed by atoms with Gasteiger partial charge in [0.15, 0.2) is 5.96 Å². The molecule has 6 heteroatoms. The number of carbonyl (C=O) groups excluding carboxylic acids is 1. The van der Waals surface area contributed by atoms with Crippen molar-refractivity contribution in [3.05, 3.63) is 35.4 Å². The molecule has 1 aliphatic rings. The number of benzene rings is 1. The number of hydrogen-bond acceptors (Lipinski definition) is 2. The molecule has 1 fully saturated rings. The van der Waals surface area contributed by atoms with Gasteiger partial charge in [-0.05, 0) is 37.0 Å². The van der Waals surface area contributed by atoms with Gasteiger partial charge in [0.1, 0.15) is 0 Å². The summed E-state index contributed by atoms with van der Waals surface area (Å²) in [6, 6.07) is 7.82. The third kappa shape index (κ3) is 5.15. The highest BCUT2D eigenvalue weighted by Crippen LogP contribution is 2.14. The molecule has 0 bridgehead atoms. The van der Waals surface area contributed by atoms with Gasteiger partial charge in [0, 0.05) is 39.3 Å². The summed E-state index contributed by atoms with van der Waals surface area (Å²) in [7, 11) is 3.56. The number of hydrogen-bond donors (Lipinski definition) is 2. The minimum atomic E-state index is 0. The maximum Gasteiger partial charge on any atom is 0.253 e. The first-order chi connectivity index (χ1) is 10.2. The minimum absolute atomic E-state index is 0. The maximum atomic E-state index is 12.5. The quantitative estimate of drug-likeness (QED) is 0.452. The lowest BCUT2D eigenvalue weighted by Crippen LogP contribution is -2.36. The van der Waals surface area contributed by atoms with Crippen LogP contribution in [0, 0.1) is 0 Å². The van der Waals surface area contributed by atoms with Crippen LogP contribution in [-0.2, 0) is 6.54 Å². The lowest BCUT2D eigenvalue weighted by atomic mass is 10.1. The summed E-state index contributed by atoms with van der Waals surface area (Å²) in [6.07, 6.45) is 3.47. The summed E-state index contributed by atoms with van der Waals surface area (Å²) < 4.78 is 0. The van der Waals surface area contributed by atoms with Gasteiger partial charge >= 0.3 is 0 Å². The average Bonchev–Trinajstić information content (AvgIpc) is 2.56. The molecular formula is C16H25IN4O. The number of halogens is 1. The monoisotopic (exact) mass is 416 g/mol. The van der Waals surface area contributed by atoms with Crippen LogP contribution in [0.4, 0.5) is 0 Å². The number of aliphatic imine (C=N–C) groups is 1. The second kappa shape index (κ2) is 9.66. The molecular weight excluding hydrogens is 391 g/mol. The number of likely N-dealkylation sites (tertiary alicyclic amines) is 1. The van der Waals surface area contributed by atoms with Gasteiger partial charge in [0.2, 0.25) is 0 Å². The van der Waals surface area contributed by atoms with Gasteiger partial charge in [-0.15, -0.1) is 24.0 Å². The maximum absolute atomic E-state index is 12.5. The van der Waals surface area contributed by atoms with Gasteiger partial charge in [-0.2, -0.15) is 0 Å². The highest BCUT2D eigenvalue weighted by atomic mass is 127. The Labute approximate surface area is 149 Å². The number of guanidine groups is 1. The SMILES string of the molecule is CN=C(NC)NCc1cccc(C(=O)N2CCCCC2)c1.I. The lowest BCUT2D eigenvalue weighted by Gasteiger charge is -2.26. The Morgan fingerprint density at radius 1 is 1.27 bits per heavy atom. The van der Waals surface area contributed by atoms with E-state index in [4.69, 9.17) is 0 Å². The van der Waals surface area contributed by atoms with E-state index in [1.165, 1.54) is 6.42 Å². The van der Waals surface area contributed by atoms with E-state index in [-0.39, 0.29) is 29.9 Å². The van der Waals surface area contributed by atoms with Crippen molar-refractivity contribution in [2.24, 2.45) is 4.99 Å². The number of rotatable bonds is 3. The van der Waals surface area contributed by atoms with Gasteiger partial charge in [-0.3, -0.25) is 9.79 Å². The van der Waals surface area contributed by atoms with Crippen LogP contribution in [0.15, 0.2) is 29.3 Å². The van der Waals surface area contributed by atoms with Crippen molar-refractivity contribution in [3.63, 3.8) is 0 Å². The molecule has 1 amide bonds. The number of nitrogens with zero attached hydrogens (tertiary/aromatic N) is 2. The second-order valence-corrected chi connectivity index (χ2v) is 5.23. The molecule has 0 spiro atoms. The molecule has 0 radical (unpaired) electrons. The molecule has 0 saturated carbocycles. The first kappa shape index (κ1) is 18.7. The molecule has 1 aromatic carbocycles. The Bertz CT molecular complexity index is 513. The Morgan fingerprint density at radius 2 is 2.00 bits per heavy atom. The molecule has 5 nitrogen and oxygen atoms in total. The van der Waals surface area contributed by atoms with Gasteiger partial charge in [-0.1, -0.05) is 12.1 Å². The van der Waals surface area contributed by atoms with Gasteiger partial charge in [-0.25, -0.2) is 0 Å². The fourth-order valence-corrected chi connectivity index (χ4v) is 2.56. The molecule has 2 rings (SSSR count). The number of piperidine rings is 1. The van der Waals surface area contributed by atoms with Crippen LogP contribution in [0.1, 0.15) is 35.2 Å². The van der Waals surface area contributed by atoms with Crippen molar-refractivity contribution in [3.8, 4) is 0 Å². The van der Waals surface area contributed by atoms with E-state index in [0.717, 1.165) is 43.0 Å². The Morgan fingerprint density at radius 3 is 2.64 bits per heavy atom. The summed E-state index contributed by atoms with van der Waals surface area (Å²) in [6.45, 7) is 2.41. The molecule has 1 aromatic rings. The van der Waals surface area contributed by atoms with Crippen LogP contribution < -0.4 is 10.6 Å². The van der Waals surface area contributed by atoms with Crippen LogP contribution in [0.2, 0.25) is 0 Å². The van der Waals surface area contributed by atoms with Crippen molar-refractivity contribution in [2.45, 2.75) is 25.8 Å². The van der Waals surface area contributed by atoms with Crippen molar-refractivity contribution in [1.82, 2.24) is 15.5 Å². The lowest BCUT2D eigenvalue weighted by molar-refractivity contribution is 0.0724. The number of amides is 1. The highest BCUT2D eigenvalue weighted by Gasteiger charge is 2.18. The molecule has 2 N–H and O–H groups in total. The van der Waals surface area contributed by atoms with E-state index in [9.17, 15) is 4.79 Å². The van der Waals surface area contributed by atoms with Gasteiger partial charge in [0.05, 0.1) is 0 Å². The number of carbonyl (C=O) groups is 1. The first-order valence-corrected chi connectivity index (χ1v) is 7.51. The molecule has 0 atom stereocenters. The molecule has 122 valence electrons. The highest BCUT2D eigenvalue weighted by molar-refractivity contribution is 14.0. The molecule has 1 aliphatic heterocycles. The molecule has 0 unspecified atom stereocenters. The van der Waals surface area contributed by atoms with Gasteiger partial charge in [0.25, 0.3) is 5.91 Å². The fourth-order valence-electron chi connectivity index (χ4n) is 2.56. The predicted octanol–water partition coefficient (Wildman–Crippen LogP) is 2.23. The minimum Gasteiger partial charge on any atom is -0.359 e. The zero-order valence-electron chi connectivity index (χ0n) is 13.3. The summed E-state index contributed by atoms with van der Waals surface area (Å²) in [4.78, 5) is 18.5. The standard InChI is InChI=1S/C16H24N4O.HI/c1-17-16(18-2)19-12-13-7-6-8-14(11-13)15(21)20-9-4-3-5-10-20;/h6-8,11H,3-5,9-10,12H2,1-2H3,(H2,17,18,19);1H. The van der Waals surface area contributed by atoms with Crippen LogP contribution >= 0.6 is 24.0 Å². The fraction of sp³-hybridized carbons (Fsp3) is 0.500. The van der Waals surface area contributed by atoms with Crippen molar-refractivity contribution < 1.29 is 4.79 Å². The van der Waals surface area contributed by atoms with Gasteiger partial charge < -0.3 is 15.5 Å². The smallest absolute Gasteiger partial charge is 0.253 e. The Balaban J connectivity index is 0.00000242. The van der Waals surface area contributed by atoms with E-state index < -0.39 is 0 Å². The molecule has 22 heavy (non-hydrogen) atoms. The van der Waals surface area contributed by atoms with Crippen LogP contribution in [0.25, 0.3) is 0 Å². The molecule has 1 heterocycles. The largest absolute Gasteiger partial charge is 0.359 e. The van der Waals surface area contributed by atoms with E-state index in [0.29, 0.717) is 6.54 Å². The topological polar surface area (TPSA) is 56.7 Å². The molecule has 0 aliphatic carbocycles. The first-order valence-electron chi connectivity index (χ1n) is 7.51. The predicted molar refractivity (Wildman–Crippen MR) is 101 cm³/mol. The van der Waals surface area contributed by atoms with Crippen LogP contribution in [0.5, 0.6) is 0 Å². The second-order valence-electron chi connectivity index (χ2n) is 5.23. The van der Waals surface area contributed by atoms with Crippen LogP contribution in [0.3, 0.4) is 0 Å². The number of nitrogens with one attached hydrogen (secondary N) is 2. The zero-order chi connectivity index (χ0) is 15.1. The van der Waals surface area contributed by atoms with E-state index in [1.54, 1.807) is 7.05 Å². The van der Waals surface area contributed by atoms with E-state index in [1.807, 2.05) is 36.2 Å². The van der Waals surface area contributed by atoms with E-state index >= 15 is 0 Å². The molecule has 0 aromatic heterocycles. The van der Waals surface area contributed by atoms with Crippen molar-refractivity contribution >= 4 is 35.8 Å². The summed E-state index contributed by atoms with van der Waals surface area (Å²) >= 11 is 0. The van der Waals surface area contributed by atoms with Crippen LogP contribution in [-0.4, -0.2) is 44.0 Å². The third-order valence-electron chi connectivity index (χ3n) is 3.74. The van der Waals surface area contributed by atoms with E-state index in [2.05, 4.69) is 15.6 Å². The Hall–Kier alpha value is -1.31. The summed E-state index contributed by atoms with van der Waals surface area (Å²) in [5, 5.41) is 6.17. The van der Waals surface area contributed by atoms with Crippen molar-refractivity contribution in [2.75, 3.05) is 27.2 Å². The average molecular weight is 416 g/mol.